The standard InChI is InChI=1S/C31H38N2O3/c1-6-15-32-31(35)28(19-26-12-8-7-9-13-26)33(20-27-14-10-11-22(2)17-27)30(34)21-36-29-18-23(3)16-24(4)25(29)5/h7-14,16-18,28H,6,15,19-21H2,1-5H3,(H,32,35). The Balaban J connectivity index is 1.92. The number of carbonyl (C=O) groups excluding carboxylic acids is 2. The normalized spacial score (nSPS) is 11.6. The van der Waals surface area contributed by atoms with E-state index in [-0.39, 0.29) is 18.4 Å². The van der Waals surface area contributed by atoms with E-state index in [2.05, 4.69) is 17.4 Å². The molecule has 1 unspecified atom stereocenters. The van der Waals surface area contributed by atoms with Crippen molar-refractivity contribution in [2.24, 2.45) is 0 Å². The number of amides is 2. The van der Waals surface area contributed by atoms with Gasteiger partial charge in [0.15, 0.2) is 6.61 Å². The van der Waals surface area contributed by atoms with Gasteiger partial charge in [0.25, 0.3) is 5.91 Å². The Hall–Kier alpha value is -3.60. The van der Waals surface area contributed by atoms with Gasteiger partial charge < -0.3 is 15.0 Å². The largest absolute Gasteiger partial charge is 0.483 e. The molecule has 0 bridgehead atoms. The van der Waals surface area contributed by atoms with Gasteiger partial charge in [-0.3, -0.25) is 9.59 Å². The highest BCUT2D eigenvalue weighted by molar-refractivity contribution is 5.88. The van der Waals surface area contributed by atoms with Crippen molar-refractivity contribution in [3.63, 3.8) is 0 Å². The first-order valence-electron chi connectivity index (χ1n) is 12.7. The van der Waals surface area contributed by atoms with E-state index in [1.54, 1.807) is 4.90 Å². The molecular formula is C31H38N2O3. The zero-order chi connectivity index (χ0) is 26.1. The van der Waals surface area contributed by atoms with Crippen molar-refractivity contribution in [2.75, 3.05) is 13.2 Å². The molecule has 3 aromatic rings. The van der Waals surface area contributed by atoms with Crippen LogP contribution >= 0.6 is 0 Å². The molecule has 1 atom stereocenters. The van der Waals surface area contributed by atoms with Gasteiger partial charge >= 0.3 is 0 Å². The lowest BCUT2D eigenvalue weighted by atomic mass is 10.0. The molecule has 2 amide bonds. The van der Waals surface area contributed by atoms with Gasteiger partial charge in [0.05, 0.1) is 0 Å². The van der Waals surface area contributed by atoms with Crippen LogP contribution in [-0.4, -0.2) is 35.9 Å². The minimum atomic E-state index is -0.657. The van der Waals surface area contributed by atoms with Crippen molar-refractivity contribution in [2.45, 2.75) is 60.0 Å². The first-order chi connectivity index (χ1) is 17.3. The maximum atomic E-state index is 13.7. The quantitative estimate of drug-likeness (QED) is 0.391. The van der Waals surface area contributed by atoms with Crippen LogP contribution in [0.1, 0.15) is 46.7 Å². The minimum Gasteiger partial charge on any atom is -0.483 e. The Morgan fingerprint density at radius 2 is 1.61 bits per heavy atom. The average molecular weight is 487 g/mol. The van der Waals surface area contributed by atoms with Gasteiger partial charge in [-0.1, -0.05) is 73.2 Å². The van der Waals surface area contributed by atoms with Crippen LogP contribution in [0.15, 0.2) is 66.7 Å². The molecular weight excluding hydrogens is 448 g/mol. The zero-order valence-corrected chi connectivity index (χ0v) is 22.1. The van der Waals surface area contributed by atoms with Crippen LogP contribution in [0.25, 0.3) is 0 Å². The van der Waals surface area contributed by atoms with Crippen LogP contribution in [0, 0.1) is 27.7 Å². The van der Waals surface area contributed by atoms with E-state index in [0.717, 1.165) is 39.8 Å². The molecule has 0 aromatic heterocycles. The van der Waals surface area contributed by atoms with Crippen LogP contribution in [0.4, 0.5) is 0 Å². The number of benzene rings is 3. The zero-order valence-electron chi connectivity index (χ0n) is 22.1. The molecule has 190 valence electrons. The Bertz CT molecular complexity index is 1170. The Kier molecular flexibility index (Phi) is 9.69. The number of carbonyl (C=O) groups is 2. The third kappa shape index (κ3) is 7.45. The number of hydrogen-bond donors (Lipinski definition) is 1. The van der Waals surface area contributed by atoms with E-state index in [0.29, 0.717) is 25.3 Å². The molecule has 0 spiro atoms. The summed E-state index contributed by atoms with van der Waals surface area (Å²) in [5.41, 5.74) is 6.31. The summed E-state index contributed by atoms with van der Waals surface area (Å²) in [4.78, 5) is 28.8. The predicted octanol–water partition coefficient (Wildman–Crippen LogP) is 5.47. The van der Waals surface area contributed by atoms with Crippen LogP contribution in [0.5, 0.6) is 5.75 Å². The van der Waals surface area contributed by atoms with Crippen molar-refractivity contribution in [1.82, 2.24) is 10.2 Å². The summed E-state index contributed by atoms with van der Waals surface area (Å²) in [5, 5.41) is 3.01. The molecule has 0 aliphatic rings. The molecule has 3 rings (SSSR count). The van der Waals surface area contributed by atoms with E-state index in [4.69, 9.17) is 4.74 Å². The summed E-state index contributed by atoms with van der Waals surface area (Å²) >= 11 is 0. The second kappa shape index (κ2) is 12.9. The monoisotopic (exact) mass is 486 g/mol. The third-order valence-corrected chi connectivity index (χ3v) is 6.37. The Labute approximate surface area is 215 Å². The van der Waals surface area contributed by atoms with Crippen LogP contribution in [0.2, 0.25) is 0 Å². The average Bonchev–Trinajstić information content (AvgIpc) is 2.86. The summed E-state index contributed by atoms with van der Waals surface area (Å²) in [5.74, 6) is 0.332. The Morgan fingerprint density at radius 3 is 2.31 bits per heavy atom. The number of aryl methyl sites for hydroxylation is 3. The van der Waals surface area contributed by atoms with Gasteiger partial charge in [-0.2, -0.15) is 0 Å². The lowest BCUT2D eigenvalue weighted by Crippen LogP contribution is -2.51. The number of nitrogens with zero attached hydrogens (tertiary/aromatic N) is 1. The van der Waals surface area contributed by atoms with Crippen molar-refractivity contribution in [3.8, 4) is 5.75 Å². The van der Waals surface area contributed by atoms with Gasteiger partial charge in [-0.15, -0.1) is 0 Å². The first kappa shape index (κ1) is 27.0. The lowest BCUT2D eigenvalue weighted by Gasteiger charge is -2.31. The molecule has 36 heavy (non-hydrogen) atoms. The molecule has 0 fully saturated rings. The smallest absolute Gasteiger partial charge is 0.261 e. The highest BCUT2D eigenvalue weighted by Gasteiger charge is 2.30. The topological polar surface area (TPSA) is 58.6 Å². The highest BCUT2D eigenvalue weighted by atomic mass is 16.5. The van der Waals surface area contributed by atoms with Crippen molar-refractivity contribution < 1.29 is 14.3 Å². The fourth-order valence-corrected chi connectivity index (χ4v) is 4.30. The van der Waals surface area contributed by atoms with Crippen molar-refractivity contribution in [3.05, 3.63) is 100 Å². The molecule has 0 radical (unpaired) electrons. The highest BCUT2D eigenvalue weighted by Crippen LogP contribution is 2.24. The van der Waals surface area contributed by atoms with Gasteiger partial charge in [-0.05, 0) is 68.0 Å². The first-order valence-corrected chi connectivity index (χ1v) is 12.7. The SMILES string of the molecule is CCCNC(=O)C(Cc1ccccc1)N(Cc1cccc(C)c1)C(=O)COc1cc(C)cc(C)c1C. The lowest BCUT2D eigenvalue weighted by molar-refractivity contribution is -0.142. The number of ether oxygens (including phenoxy) is 1. The summed E-state index contributed by atoms with van der Waals surface area (Å²) in [7, 11) is 0. The molecule has 0 aliphatic heterocycles. The molecule has 0 saturated heterocycles. The molecule has 5 nitrogen and oxygen atoms in total. The van der Waals surface area contributed by atoms with Crippen LogP contribution < -0.4 is 10.1 Å². The second-order valence-corrected chi connectivity index (χ2v) is 9.50. The number of hydrogen-bond acceptors (Lipinski definition) is 3. The molecule has 5 heteroatoms. The summed E-state index contributed by atoms with van der Waals surface area (Å²) < 4.78 is 6.04. The summed E-state index contributed by atoms with van der Waals surface area (Å²) in [6, 6.07) is 21.3. The maximum absolute atomic E-state index is 13.7. The summed E-state index contributed by atoms with van der Waals surface area (Å²) in [6.07, 6.45) is 1.25. The van der Waals surface area contributed by atoms with Crippen LogP contribution in [0.3, 0.4) is 0 Å². The fraction of sp³-hybridized carbons (Fsp3) is 0.355. The van der Waals surface area contributed by atoms with Crippen LogP contribution in [-0.2, 0) is 22.6 Å². The van der Waals surface area contributed by atoms with Gasteiger partial charge in [0, 0.05) is 19.5 Å². The summed E-state index contributed by atoms with van der Waals surface area (Å²) in [6.45, 7) is 10.8. The minimum absolute atomic E-state index is 0.137. The number of nitrogens with one attached hydrogen (secondary N) is 1. The Morgan fingerprint density at radius 1 is 0.889 bits per heavy atom. The molecule has 3 aromatic carbocycles. The van der Waals surface area contributed by atoms with Gasteiger partial charge in [-0.25, -0.2) is 0 Å². The third-order valence-electron chi connectivity index (χ3n) is 6.37. The van der Waals surface area contributed by atoms with E-state index in [9.17, 15) is 9.59 Å². The molecule has 1 N–H and O–H groups in total. The second-order valence-electron chi connectivity index (χ2n) is 9.50. The molecule has 0 aliphatic carbocycles. The van der Waals surface area contributed by atoms with Crippen molar-refractivity contribution >= 4 is 11.8 Å². The van der Waals surface area contributed by atoms with E-state index >= 15 is 0 Å². The molecule has 0 saturated carbocycles. The van der Waals surface area contributed by atoms with Gasteiger partial charge in [0.2, 0.25) is 5.91 Å². The molecule has 0 heterocycles. The van der Waals surface area contributed by atoms with E-state index in [1.807, 2.05) is 89.2 Å². The van der Waals surface area contributed by atoms with Gasteiger partial charge in [0.1, 0.15) is 11.8 Å². The van der Waals surface area contributed by atoms with E-state index < -0.39 is 6.04 Å². The van der Waals surface area contributed by atoms with E-state index in [1.165, 1.54) is 0 Å². The maximum Gasteiger partial charge on any atom is 0.261 e. The fourth-order valence-electron chi connectivity index (χ4n) is 4.30. The number of rotatable bonds is 11. The van der Waals surface area contributed by atoms with Crippen molar-refractivity contribution in [1.29, 1.82) is 0 Å². The predicted molar refractivity (Wildman–Crippen MR) is 145 cm³/mol.